The number of aromatic hydroxyl groups is 5. The molecule has 0 bridgehead atoms. The van der Waals surface area contributed by atoms with Gasteiger partial charge in [-0.05, 0) is 18.2 Å². The standard InChI is InChI=1S/C18H10O9/c19-9-3-7-6(13(22)15(9)24)1-5-4(11(7)20)2-8-10(12(5)21)16(25)18(27)17(26)14(8)23/h1-3,19-22,24,26-27H. The van der Waals surface area contributed by atoms with Gasteiger partial charge in [0.25, 0.3) is 0 Å². The van der Waals surface area contributed by atoms with Crippen LogP contribution in [0.2, 0.25) is 0 Å². The number of phenolic OH excluding ortho intramolecular Hbond substituents is 5. The third-order valence-corrected chi connectivity index (χ3v) is 4.56. The van der Waals surface area contributed by atoms with E-state index in [1.165, 1.54) is 0 Å². The summed E-state index contributed by atoms with van der Waals surface area (Å²) in [6.07, 6.45) is 0. The van der Waals surface area contributed by atoms with Crippen molar-refractivity contribution >= 4 is 33.1 Å². The first-order valence-electron chi connectivity index (χ1n) is 7.46. The fourth-order valence-corrected chi connectivity index (χ4v) is 3.19. The molecule has 0 aliphatic heterocycles. The molecule has 0 spiro atoms. The van der Waals surface area contributed by atoms with E-state index in [4.69, 9.17) is 0 Å². The quantitative estimate of drug-likeness (QED) is 0.231. The highest BCUT2D eigenvalue weighted by atomic mass is 16.3. The molecule has 1 aliphatic rings. The number of Topliss-reactive ketones (excluding diaryl/α,β-unsaturated/α-hetero) is 2. The van der Waals surface area contributed by atoms with Crippen molar-refractivity contribution in [3.05, 3.63) is 40.8 Å². The maximum atomic E-state index is 12.2. The van der Waals surface area contributed by atoms with Crippen molar-refractivity contribution in [3.63, 3.8) is 0 Å². The molecule has 0 fully saturated rings. The summed E-state index contributed by atoms with van der Waals surface area (Å²) < 4.78 is 0. The largest absolute Gasteiger partial charge is 0.507 e. The van der Waals surface area contributed by atoms with Crippen molar-refractivity contribution in [1.82, 2.24) is 0 Å². The molecule has 0 atom stereocenters. The third kappa shape index (κ3) is 1.87. The van der Waals surface area contributed by atoms with E-state index in [1.807, 2.05) is 0 Å². The maximum absolute atomic E-state index is 12.2. The topological polar surface area (TPSA) is 176 Å². The van der Waals surface area contributed by atoms with Crippen LogP contribution in [0.25, 0.3) is 21.5 Å². The molecule has 0 unspecified atom stereocenters. The van der Waals surface area contributed by atoms with Gasteiger partial charge in [0.2, 0.25) is 28.8 Å². The van der Waals surface area contributed by atoms with Gasteiger partial charge in [-0.1, -0.05) is 0 Å². The van der Waals surface area contributed by atoms with E-state index >= 15 is 0 Å². The molecule has 0 heterocycles. The Kier molecular flexibility index (Phi) is 2.99. The van der Waals surface area contributed by atoms with E-state index in [9.17, 15) is 45.3 Å². The Hall–Kier alpha value is -4.14. The second kappa shape index (κ2) is 4.94. The average Bonchev–Trinajstić information content (AvgIpc) is 2.64. The second-order valence-electron chi connectivity index (χ2n) is 6.01. The van der Waals surface area contributed by atoms with Gasteiger partial charge in [0.1, 0.15) is 11.5 Å². The van der Waals surface area contributed by atoms with Crippen molar-refractivity contribution < 1.29 is 45.3 Å². The summed E-state index contributed by atoms with van der Waals surface area (Å²) in [7, 11) is 0. The number of aliphatic hydroxyl groups excluding tert-OH is 2. The van der Waals surface area contributed by atoms with Crippen LogP contribution < -0.4 is 0 Å². The molecule has 3 aromatic rings. The number of carbonyl (C=O) groups excluding carboxylic acids is 2. The third-order valence-electron chi connectivity index (χ3n) is 4.56. The molecule has 1 aliphatic carbocycles. The molecule has 0 aromatic heterocycles. The summed E-state index contributed by atoms with van der Waals surface area (Å²) in [5.74, 6) is -8.42. The van der Waals surface area contributed by atoms with E-state index in [-0.39, 0.29) is 21.5 Å². The lowest BCUT2D eigenvalue weighted by molar-refractivity contribution is 0.0878. The number of benzene rings is 3. The molecule has 3 aromatic carbocycles. The number of hydrogen-bond donors (Lipinski definition) is 7. The first kappa shape index (κ1) is 16.3. The second-order valence-corrected chi connectivity index (χ2v) is 6.01. The van der Waals surface area contributed by atoms with E-state index in [2.05, 4.69) is 0 Å². The molecule has 0 saturated heterocycles. The van der Waals surface area contributed by atoms with Gasteiger partial charge in [0.15, 0.2) is 11.5 Å². The first-order chi connectivity index (χ1) is 12.6. The Balaban J connectivity index is 2.22. The van der Waals surface area contributed by atoms with Crippen molar-refractivity contribution in [3.8, 4) is 28.7 Å². The number of phenols is 5. The zero-order chi connectivity index (χ0) is 19.8. The number of hydrogen-bond acceptors (Lipinski definition) is 9. The van der Waals surface area contributed by atoms with Crippen LogP contribution in [0.5, 0.6) is 28.7 Å². The molecular weight excluding hydrogens is 360 g/mol. The fraction of sp³-hybridized carbons (Fsp3) is 0. The van der Waals surface area contributed by atoms with Crippen molar-refractivity contribution in [2.45, 2.75) is 0 Å². The molecule has 9 heteroatoms. The Morgan fingerprint density at radius 3 is 1.70 bits per heavy atom. The molecule has 27 heavy (non-hydrogen) atoms. The monoisotopic (exact) mass is 370 g/mol. The average molecular weight is 370 g/mol. The van der Waals surface area contributed by atoms with Crippen LogP contribution in [-0.2, 0) is 0 Å². The summed E-state index contributed by atoms with van der Waals surface area (Å²) in [4.78, 5) is 24.4. The molecule has 0 saturated carbocycles. The number of fused-ring (bicyclic) bond motifs is 3. The van der Waals surface area contributed by atoms with Gasteiger partial charge in [-0.15, -0.1) is 0 Å². The van der Waals surface area contributed by atoms with Crippen LogP contribution in [0, 0.1) is 0 Å². The van der Waals surface area contributed by atoms with E-state index in [1.54, 1.807) is 0 Å². The van der Waals surface area contributed by atoms with Gasteiger partial charge in [0, 0.05) is 27.1 Å². The molecule has 136 valence electrons. The van der Waals surface area contributed by atoms with Gasteiger partial charge in [-0.3, -0.25) is 9.59 Å². The molecule has 0 radical (unpaired) electrons. The maximum Gasteiger partial charge on any atom is 0.235 e. The first-order valence-corrected chi connectivity index (χ1v) is 7.46. The van der Waals surface area contributed by atoms with Crippen LogP contribution in [0.15, 0.2) is 29.7 Å². The minimum atomic E-state index is -1.22. The predicted molar refractivity (Wildman–Crippen MR) is 90.7 cm³/mol. The van der Waals surface area contributed by atoms with Crippen LogP contribution in [-0.4, -0.2) is 47.3 Å². The normalized spacial score (nSPS) is 14.2. The highest BCUT2D eigenvalue weighted by molar-refractivity contribution is 6.29. The van der Waals surface area contributed by atoms with Crippen molar-refractivity contribution in [2.75, 3.05) is 0 Å². The summed E-state index contributed by atoms with van der Waals surface area (Å²) in [6.45, 7) is 0. The lowest BCUT2D eigenvalue weighted by Gasteiger charge is -2.18. The van der Waals surface area contributed by atoms with E-state index in [0.29, 0.717) is 0 Å². The molecule has 0 amide bonds. The number of aliphatic hydroxyl groups is 2. The highest BCUT2D eigenvalue weighted by Crippen LogP contribution is 2.49. The summed E-state index contributed by atoms with van der Waals surface area (Å²) in [5.41, 5.74) is -1.02. The van der Waals surface area contributed by atoms with Crippen molar-refractivity contribution in [1.29, 1.82) is 0 Å². The zero-order valence-corrected chi connectivity index (χ0v) is 13.2. The molecule has 7 N–H and O–H groups in total. The minimum Gasteiger partial charge on any atom is -0.507 e. The predicted octanol–water partition coefficient (Wildman–Crippen LogP) is 2.23. The van der Waals surface area contributed by atoms with Gasteiger partial charge in [-0.25, -0.2) is 0 Å². The Bertz CT molecular complexity index is 1270. The van der Waals surface area contributed by atoms with E-state index in [0.717, 1.165) is 18.2 Å². The number of allylic oxidation sites excluding steroid dienone is 2. The zero-order valence-electron chi connectivity index (χ0n) is 13.2. The number of carbonyl (C=O) groups is 2. The molecule has 9 nitrogen and oxygen atoms in total. The van der Waals surface area contributed by atoms with Gasteiger partial charge >= 0.3 is 0 Å². The smallest absolute Gasteiger partial charge is 0.235 e. The van der Waals surface area contributed by atoms with Crippen LogP contribution in [0.3, 0.4) is 0 Å². The Morgan fingerprint density at radius 1 is 0.519 bits per heavy atom. The van der Waals surface area contributed by atoms with Crippen LogP contribution >= 0.6 is 0 Å². The minimum absolute atomic E-state index is 0.105. The Labute approximate surface area is 148 Å². The number of rotatable bonds is 0. The SMILES string of the molecule is O=C1C(O)=C(O)C(=O)c2c1cc1c(O)c3cc(O)c(O)c(O)c3cc1c2O. The molecule has 4 rings (SSSR count). The van der Waals surface area contributed by atoms with Crippen LogP contribution in [0.1, 0.15) is 20.7 Å². The Morgan fingerprint density at radius 2 is 1.04 bits per heavy atom. The number of ketones is 2. The lowest BCUT2D eigenvalue weighted by atomic mass is 9.87. The van der Waals surface area contributed by atoms with Gasteiger partial charge in [-0.2, -0.15) is 0 Å². The van der Waals surface area contributed by atoms with Crippen LogP contribution in [0.4, 0.5) is 0 Å². The summed E-state index contributed by atoms with van der Waals surface area (Å²) in [5, 5.41) is 69.0. The fourth-order valence-electron chi connectivity index (χ4n) is 3.19. The summed E-state index contributed by atoms with van der Waals surface area (Å²) >= 11 is 0. The molecular formula is C18H10O9. The van der Waals surface area contributed by atoms with Gasteiger partial charge < -0.3 is 35.7 Å². The lowest BCUT2D eigenvalue weighted by Crippen LogP contribution is -2.22. The van der Waals surface area contributed by atoms with Gasteiger partial charge in [0.05, 0.1) is 5.56 Å². The summed E-state index contributed by atoms with van der Waals surface area (Å²) in [6, 6.07) is 3.12. The van der Waals surface area contributed by atoms with E-state index < -0.39 is 63.0 Å². The van der Waals surface area contributed by atoms with Crippen molar-refractivity contribution in [2.24, 2.45) is 0 Å². The highest BCUT2D eigenvalue weighted by Gasteiger charge is 2.36.